The lowest BCUT2D eigenvalue weighted by Gasteiger charge is -2.01. The van der Waals surface area contributed by atoms with E-state index in [2.05, 4.69) is 10.1 Å². The van der Waals surface area contributed by atoms with E-state index in [0.29, 0.717) is 11.5 Å². The van der Waals surface area contributed by atoms with E-state index in [1.54, 1.807) is 21.5 Å². The largest absolute Gasteiger partial charge is 0.369 e. The fraction of sp³-hybridized carbons (Fsp3) is 0.0909. The van der Waals surface area contributed by atoms with Crippen LogP contribution in [0.25, 0.3) is 16.7 Å². The van der Waals surface area contributed by atoms with Gasteiger partial charge in [0.25, 0.3) is 0 Å². The molecule has 17 heavy (non-hydrogen) atoms. The molecule has 6 heteroatoms. The minimum Gasteiger partial charge on any atom is -0.369 e. The molecule has 0 spiro atoms. The van der Waals surface area contributed by atoms with Crippen LogP contribution in [-0.2, 0) is 7.05 Å². The normalized spacial score (nSPS) is 11.2. The van der Waals surface area contributed by atoms with Gasteiger partial charge in [-0.2, -0.15) is 5.10 Å². The van der Waals surface area contributed by atoms with Crippen molar-refractivity contribution in [3.8, 4) is 5.69 Å². The van der Waals surface area contributed by atoms with Crippen LogP contribution >= 0.6 is 0 Å². The monoisotopic (exact) mass is 231 g/mol. The van der Waals surface area contributed by atoms with Crippen LogP contribution in [-0.4, -0.2) is 19.3 Å². The predicted molar refractivity (Wildman–Crippen MR) is 62.2 cm³/mol. The molecule has 0 atom stereocenters. The molecule has 0 saturated heterocycles. The summed E-state index contributed by atoms with van der Waals surface area (Å²) in [6.07, 6.45) is 3.50. The Balaban J connectivity index is 2.32. The molecule has 0 aliphatic rings. The van der Waals surface area contributed by atoms with E-state index in [-0.39, 0.29) is 5.82 Å². The van der Waals surface area contributed by atoms with Crippen molar-refractivity contribution >= 4 is 17.0 Å². The third kappa shape index (κ3) is 1.45. The Morgan fingerprint density at radius 1 is 1.35 bits per heavy atom. The molecule has 0 bridgehead atoms. The average molecular weight is 231 g/mol. The molecule has 0 radical (unpaired) electrons. The van der Waals surface area contributed by atoms with E-state index < -0.39 is 0 Å². The number of hydrogen-bond acceptors (Lipinski definition) is 3. The van der Waals surface area contributed by atoms with Crippen LogP contribution in [0.5, 0.6) is 0 Å². The fourth-order valence-electron chi connectivity index (χ4n) is 1.87. The number of hydrogen-bond donors (Lipinski definition) is 1. The Bertz CT molecular complexity index is 697. The lowest BCUT2D eigenvalue weighted by Crippen LogP contribution is -1.99. The fourth-order valence-corrected chi connectivity index (χ4v) is 1.87. The standard InChI is InChI=1S/C11H10FN5/c1-16-6-8(5-14-16)17-10-3-2-7(12)4-9(10)15-11(17)13/h2-6H,1H3,(H2,13,15). The molecule has 2 N–H and O–H groups in total. The number of nitrogens with zero attached hydrogens (tertiary/aromatic N) is 4. The molecule has 0 amide bonds. The smallest absolute Gasteiger partial charge is 0.206 e. The number of nitrogen functional groups attached to an aromatic ring is 1. The van der Waals surface area contributed by atoms with E-state index in [9.17, 15) is 4.39 Å². The number of rotatable bonds is 1. The first kappa shape index (κ1) is 9.83. The molecule has 1 aromatic carbocycles. The Kier molecular flexibility index (Phi) is 1.91. The summed E-state index contributed by atoms with van der Waals surface area (Å²) in [6, 6.07) is 4.40. The van der Waals surface area contributed by atoms with Gasteiger partial charge < -0.3 is 5.73 Å². The van der Waals surface area contributed by atoms with Gasteiger partial charge in [-0.1, -0.05) is 0 Å². The number of anilines is 1. The maximum absolute atomic E-state index is 13.1. The molecular weight excluding hydrogens is 221 g/mol. The van der Waals surface area contributed by atoms with Crippen molar-refractivity contribution < 1.29 is 4.39 Å². The topological polar surface area (TPSA) is 61.7 Å². The highest BCUT2D eigenvalue weighted by atomic mass is 19.1. The first-order valence-electron chi connectivity index (χ1n) is 5.07. The van der Waals surface area contributed by atoms with Gasteiger partial charge in [0.05, 0.1) is 22.9 Å². The molecule has 0 fully saturated rings. The highest BCUT2D eigenvalue weighted by Gasteiger charge is 2.11. The van der Waals surface area contributed by atoms with Crippen LogP contribution in [0, 0.1) is 5.82 Å². The first-order valence-corrected chi connectivity index (χ1v) is 5.07. The molecule has 2 aromatic heterocycles. The Hall–Kier alpha value is -2.37. The van der Waals surface area contributed by atoms with Crippen LogP contribution in [0.1, 0.15) is 0 Å². The van der Waals surface area contributed by atoms with Gasteiger partial charge in [0.1, 0.15) is 5.82 Å². The summed E-state index contributed by atoms with van der Waals surface area (Å²) in [7, 11) is 1.82. The lowest BCUT2D eigenvalue weighted by atomic mass is 10.3. The van der Waals surface area contributed by atoms with Crippen molar-refractivity contribution in [3.05, 3.63) is 36.4 Å². The van der Waals surface area contributed by atoms with Crippen molar-refractivity contribution in [1.82, 2.24) is 19.3 Å². The van der Waals surface area contributed by atoms with Gasteiger partial charge in [0.2, 0.25) is 5.95 Å². The third-order valence-corrected chi connectivity index (χ3v) is 2.59. The van der Waals surface area contributed by atoms with Gasteiger partial charge in [-0.15, -0.1) is 0 Å². The predicted octanol–water partition coefficient (Wildman–Crippen LogP) is 1.48. The number of aryl methyl sites for hydroxylation is 1. The molecule has 0 saturated carbocycles. The van der Waals surface area contributed by atoms with Crippen LogP contribution < -0.4 is 5.73 Å². The molecule has 2 heterocycles. The van der Waals surface area contributed by atoms with Crippen LogP contribution in [0.15, 0.2) is 30.6 Å². The maximum Gasteiger partial charge on any atom is 0.206 e. The maximum atomic E-state index is 13.1. The SMILES string of the molecule is Cn1cc(-n2c(N)nc3cc(F)ccc32)cn1. The van der Waals surface area contributed by atoms with E-state index >= 15 is 0 Å². The minimum absolute atomic E-state index is 0.318. The molecular formula is C11H10FN5. The summed E-state index contributed by atoms with van der Waals surface area (Å²) in [5.74, 6) is -0.00747. The zero-order chi connectivity index (χ0) is 12.0. The quantitative estimate of drug-likeness (QED) is 0.690. The van der Waals surface area contributed by atoms with Crippen molar-refractivity contribution in [2.24, 2.45) is 7.05 Å². The minimum atomic E-state index is -0.326. The van der Waals surface area contributed by atoms with Gasteiger partial charge in [0, 0.05) is 19.3 Å². The second-order valence-electron chi connectivity index (χ2n) is 3.81. The second-order valence-corrected chi connectivity index (χ2v) is 3.81. The molecule has 86 valence electrons. The number of nitrogens with two attached hydrogens (primary N) is 1. The summed E-state index contributed by atoms with van der Waals surface area (Å²) in [5.41, 5.74) is 7.94. The van der Waals surface area contributed by atoms with Crippen molar-refractivity contribution in [2.45, 2.75) is 0 Å². The number of halogens is 1. The Morgan fingerprint density at radius 2 is 2.18 bits per heavy atom. The summed E-state index contributed by atoms with van der Waals surface area (Å²) in [4.78, 5) is 4.12. The van der Waals surface area contributed by atoms with Crippen LogP contribution in [0.3, 0.4) is 0 Å². The molecule has 3 aromatic rings. The molecule has 0 unspecified atom stereocenters. The van der Waals surface area contributed by atoms with Crippen molar-refractivity contribution in [2.75, 3.05) is 5.73 Å². The van der Waals surface area contributed by atoms with Crippen molar-refractivity contribution in [1.29, 1.82) is 0 Å². The van der Waals surface area contributed by atoms with Gasteiger partial charge in [-0.05, 0) is 12.1 Å². The van der Waals surface area contributed by atoms with E-state index in [0.717, 1.165) is 11.2 Å². The van der Waals surface area contributed by atoms with Gasteiger partial charge in [-0.25, -0.2) is 9.37 Å². The second kappa shape index (κ2) is 3.31. The summed E-state index contributed by atoms with van der Waals surface area (Å²) < 4.78 is 16.5. The van der Waals surface area contributed by atoms with E-state index in [1.807, 2.05) is 13.2 Å². The first-order chi connectivity index (χ1) is 8.15. The number of benzene rings is 1. The zero-order valence-corrected chi connectivity index (χ0v) is 9.13. The van der Waals surface area contributed by atoms with Gasteiger partial charge in [0.15, 0.2) is 0 Å². The molecule has 0 aliphatic heterocycles. The molecule has 0 aliphatic carbocycles. The highest BCUT2D eigenvalue weighted by molar-refractivity contribution is 5.80. The summed E-state index contributed by atoms with van der Waals surface area (Å²) >= 11 is 0. The Labute approximate surface area is 96.3 Å². The summed E-state index contributed by atoms with van der Waals surface area (Å²) in [5, 5.41) is 4.08. The van der Waals surface area contributed by atoms with Crippen LogP contribution in [0.4, 0.5) is 10.3 Å². The average Bonchev–Trinajstić information content (AvgIpc) is 2.80. The number of imidazole rings is 1. The van der Waals surface area contributed by atoms with E-state index in [4.69, 9.17) is 5.73 Å². The van der Waals surface area contributed by atoms with Gasteiger partial charge >= 0.3 is 0 Å². The molecule has 5 nitrogen and oxygen atoms in total. The molecule has 3 rings (SSSR count). The highest BCUT2D eigenvalue weighted by Crippen LogP contribution is 2.23. The number of aromatic nitrogens is 4. The Morgan fingerprint density at radius 3 is 2.88 bits per heavy atom. The summed E-state index contributed by atoms with van der Waals surface area (Å²) in [6.45, 7) is 0. The third-order valence-electron chi connectivity index (χ3n) is 2.59. The van der Waals surface area contributed by atoms with Crippen molar-refractivity contribution in [3.63, 3.8) is 0 Å². The zero-order valence-electron chi connectivity index (χ0n) is 9.13. The lowest BCUT2D eigenvalue weighted by molar-refractivity contribution is 0.629. The van der Waals surface area contributed by atoms with Gasteiger partial charge in [-0.3, -0.25) is 9.25 Å². The van der Waals surface area contributed by atoms with E-state index in [1.165, 1.54) is 12.1 Å². The van der Waals surface area contributed by atoms with Crippen LogP contribution in [0.2, 0.25) is 0 Å². The number of fused-ring (bicyclic) bond motifs is 1.